The van der Waals surface area contributed by atoms with Gasteiger partial charge in [-0.2, -0.15) is 0 Å². The van der Waals surface area contributed by atoms with Crippen LogP contribution in [0.3, 0.4) is 0 Å². The second-order valence-electron chi connectivity index (χ2n) is 9.36. The molecule has 29 heavy (non-hydrogen) atoms. The van der Waals surface area contributed by atoms with Crippen molar-refractivity contribution in [3.05, 3.63) is 11.1 Å². The topological polar surface area (TPSA) is 85.2 Å². The SMILES string of the molecule is CCCCOc1c(OCCCC)c(C(C)(C)C)c(OC(=O)O)c(O)c1C(C)(C)C. The van der Waals surface area contributed by atoms with Gasteiger partial charge in [-0.3, -0.25) is 0 Å². The molecule has 2 N–H and O–H groups in total. The lowest BCUT2D eigenvalue weighted by molar-refractivity contribution is 0.141. The fourth-order valence-corrected chi connectivity index (χ4v) is 3.15. The van der Waals surface area contributed by atoms with Gasteiger partial charge in [0.1, 0.15) is 0 Å². The highest BCUT2D eigenvalue weighted by Crippen LogP contribution is 2.55. The molecule has 0 aliphatic rings. The summed E-state index contributed by atoms with van der Waals surface area (Å²) >= 11 is 0. The Labute approximate surface area is 175 Å². The number of ether oxygens (including phenoxy) is 3. The van der Waals surface area contributed by atoms with E-state index in [1.165, 1.54) is 0 Å². The van der Waals surface area contributed by atoms with Gasteiger partial charge >= 0.3 is 6.16 Å². The first kappa shape index (κ1) is 24.9. The maximum absolute atomic E-state index is 11.4. The zero-order chi connectivity index (χ0) is 22.4. The molecule has 0 amide bonds. The molecule has 0 bridgehead atoms. The monoisotopic (exact) mass is 410 g/mol. The van der Waals surface area contributed by atoms with E-state index in [1.54, 1.807) is 0 Å². The lowest BCUT2D eigenvalue weighted by atomic mass is 9.79. The van der Waals surface area contributed by atoms with Gasteiger partial charge in [0, 0.05) is 5.56 Å². The lowest BCUT2D eigenvalue weighted by Crippen LogP contribution is -2.22. The highest BCUT2D eigenvalue weighted by atomic mass is 16.7. The Morgan fingerprint density at radius 3 is 1.55 bits per heavy atom. The van der Waals surface area contributed by atoms with Crippen LogP contribution in [0.5, 0.6) is 23.0 Å². The normalized spacial score (nSPS) is 12.0. The molecule has 0 aliphatic heterocycles. The molecule has 0 fully saturated rings. The van der Waals surface area contributed by atoms with Crippen LogP contribution in [0.25, 0.3) is 0 Å². The predicted octanol–water partition coefficient (Wildman–Crippen LogP) is 6.40. The molecule has 0 atom stereocenters. The van der Waals surface area contributed by atoms with Crippen LogP contribution in [-0.4, -0.2) is 29.6 Å². The van der Waals surface area contributed by atoms with Gasteiger partial charge < -0.3 is 24.4 Å². The summed E-state index contributed by atoms with van der Waals surface area (Å²) in [7, 11) is 0. The fraction of sp³-hybridized carbons (Fsp3) is 0.696. The molecule has 0 spiro atoms. The first-order chi connectivity index (χ1) is 13.4. The van der Waals surface area contributed by atoms with E-state index in [-0.39, 0.29) is 11.5 Å². The number of rotatable bonds is 9. The quantitative estimate of drug-likeness (QED) is 0.278. The van der Waals surface area contributed by atoms with Gasteiger partial charge in [-0.15, -0.1) is 0 Å². The third kappa shape index (κ3) is 6.44. The van der Waals surface area contributed by atoms with Crippen molar-refractivity contribution in [3.63, 3.8) is 0 Å². The van der Waals surface area contributed by atoms with Crippen LogP contribution in [-0.2, 0) is 10.8 Å². The van der Waals surface area contributed by atoms with E-state index in [9.17, 15) is 15.0 Å². The molecule has 6 nitrogen and oxygen atoms in total. The van der Waals surface area contributed by atoms with Crippen LogP contribution in [0.1, 0.15) is 92.2 Å². The molecule has 0 saturated carbocycles. The maximum Gasteiger partial charge on any atom is 0.511 e. The van der Waals surface area contributed by atoms with Gasteiger partial charge in [-0.25, -0.2) is 4.79 Å². The van der Waals surface area contributed by atoms with E-state index >= 15 is 0 Å². The summed E-state index contributed by atoms with van der Waals surface area (Å²) in [6, 6.07) is 0. The average molecular weight is 411 g/mol. The molecule has 0 heterocycles. The van der Waals surface area contributed by atoms with E-state index in [2.05, 4.69) is 13.8 Å². The van der Waals surface area contributed by atoms with Crippen molar-refractivity contribution in [2.75, 3.05) is 13.2 Å². The van der Waals surface area contributed by atoms with Crippen molar-refractivity contribution in [2.24, 2.45) is 0 Å². The molecule has 166 valence electrons. The number of benzene rings is 1. The number of phenols is 1. The van der Waals surface area contributed by atoms with E-state index in [0.29, 0.717) is 35.8 Å². The number of unbranched alkanes of at least 4 members (excludes halogenated alkanes) is 2. The smallest absolute Gasteiger partial charge is 0.504 e. The molecule has 0 aromatic heterocycles. The molecule has 1 rings (SSSR count). The Hall–Kier alpha value is -2.11. The largest absolute Gasteiger partial charge is 0.511 e. The molecule has 0 unspecified atom stereocenters. The van der Waals surface area contributed by atoms with E-state index in [0.717, 1.165) is 25.7 Å². The first-order valence-electron chi connectivity index (χ1n) is 10.5. The number of phenolic OH excluding ortho intramolecular Hbond substituents is 1. The second kappa shape index (κ2) is 10.1. The Kier molecular flexibility index (Phi) is 8.66. The van der Waals surface area contributed by atoms with E-state index < -0.39 is 17.0 Å². The van der Waals surface area contributed by atoms with Gasteiger partial charge in [0.15, 0.2) is 23.0 Å². The number of carbonyl (C=O) groups is 1. The van der Waals surface area contributed by atoms with Crippen LogP contribution >= 0.6 is 0 Å². The number of hydrogen-bond acceptors (Lipinski definition) is 5. The van der Waals surface area contributed by atoms with Gasteiger partial charge in [0.2, 0.25) is 0 Å². The van der Waals surface area contributed by atoms with Crippen LogP contribution in [0.4, 0.5) is 4.79 Å². The third-order valence-corrected chi connectivity index (χ3v) is 4.52. The summed E-state index contributed by atoms with van der Waals surface area (Å²) in [5.41, 5.74) is -0.0951. The minimum absolute atomic E-state index is 0.0794. The average Bonchev–Trinajstić information content (AvgIpc) is 2.55. The van der Waals surface area contributed by atoms with Crippen molar-refractivity contribution < 1.29 is 29.2 Å². The highest BCUT2D eigenvalue weighted by molar-refractivity contribution is 5.73. The lowest BCUT2D eigenvalue weighted by Gasteiger charge is -2.32. The van der Waals surface area contributed by atoms with Crippen molar-refractivity contribution in [1.82, 2.24) is 0 Å². The van der Waals surface area contributed by atoms with Gasteiger partial charge in [-0.05, 0) is 23.7 Å². The molecule has 1 aromatic carbocycles. The summed E-state index contributed by atoms with van der Waals surface area (Å²) in [6.45, 7) is 16.7. The van der Waals surface area contributed by atoms with Crippen LogP contribution < -0.4 is 14.2 Å². The zero-order valence-electron chi connectivity index (χ0n) is 19.3. The summed E-state index contributed by atoms with van der Waals surface area (Å²) in [5, 5.41) is 20.4. The van der Waals surface area contributed by atoms with Crippen molar-refractivity contribution in [2.45, 2.75) is 91.9 Å². The zero-order valence-corrected chi connectivity index (χ0v) is 19.3. The number of carboxylic acid groups (broad SMARTS) is 1. The van der Waals surface area contributed by atoms with Gasteiger partial charge in [0.05, 0.1) is 18.8 Å². The molecular weight excluding hydrogens is 372 g/mol. The second-order valence-corrected chi connectivity index (χ2v) is 9.36. The summed E-state index contributed by atoms with van der Waals surface area (Å²) < 4.78 is 17.4. The molecule has 0 radical (unpaired) electrons. The van der Waals surface area contributed by atoms with Crippen molar-refractivity contribution >= 4 is 6.16 Å². The van der Waals surface area contributed by atoms with Crippen molar-refractivity contribution in [3.8, 4) is 23.0 Å². The molecule has 0 aliphatic carbocycles. The Morgan fingerprint density at radius 2 is 1.21 bits per heavy atom. The van der Waals surface area contributed by atoms with Crippen LogP contribution in [0.15, 0.2) is 0 Å². The van der Waals surface area contributed by atoms with E-state index in [4.69, 9.17) is 14.2 Å². The Bertz CT molecular complexity index is 695. The van der Waals surface area contributed by atoms with E-state index in [1.807, 2.05) is 41.5 Å². The standard InChI is InChI=1S/C23H38O6/c1-9-11-13-27-19-15(22(3,4)5)17(24)18(29-21(25)26)16(23(6,7)8)20(19)28-14-12-10-2/h24H,9-14H2,1-8H3,(H,25,26). The summed E-state index contributed by atoms with van der Waals surface area (Å²) in [6.07, 6.45) is 2.15. The highest BCUT2D eigenvalue weighted by Gasteiger charge is 2.38. The number of aromatic hydroxyl groups is 1. The fourth-order valence-electron chi connectivity index (χ4n) is 3.15. The van der Waals surface area contributed by atoms with Gasteiger partial charge in [0.25, 0.3) is 0 Å². The number of hydrogen-bond donors (Lipinski definition) is 2. The third-order valence-electron chi connectivity index (χ3n) is 4.52. The minimum atomic E-state index is -1.48. The first-order valence-corrected chi connectivity index (χ1v) is 10.5. The Balaban J connectivity index is 3.92. The minimum Gasteiger partial charge on any atom is -0.504 e. The maximum atomic E-state index is 11.4. The van der Waals surface area contributed by atoms with Crippen molar-refractivity contribution in [1.29, 1.82) is 0 Å². The van der Waals surface area contributed by atoms with Gasteiger partial charge in [-0.1, -0.05) is 68.2 Å². The van der Waals surface area contributed by atoms with Crippen LogP contribution in [0, 0.1) is 0 Å². The molecule has 1 aromatic rings. The molecule has 0 saturated heterocycles. The summed E-state index contributed by atoms with van der Waals surface area (Å²) in [4.78, 5) is 11.4. The Morgan fingerprint density at radius 1 is 0.793 bits per heavy atom. The predicted molar refractivity (Wildman–Crippen MR) is 115 cm³/mol. The van der Waals surface area contributed by atoms with Crippen LogP contribution in [0.2, 0.25) is 0 Å². The molecule has 6 heteroatoms. The summed E-state index contributed by atoms with van der Waals surface area (Å²) in [5.74, 6) is 0.645. The molecular formula is C23H38O6.